The summed E-state index contributed by atoms with van der Waals surface area (Å²) in [5, 5.41) is 8.66. The molecule has 0 aliphatic rings. The Morgan fingerprint density at radius 2 is 1.32 bits per heavy atom. The fourth-order valence-electron chi connectivity index (χ4n) is 2.14. The van der Waals surface area contributed by atoms with E-state index in [1.165, 1.54) is 0 Å². The van der Waals surface area contributed by atoms with Crippen LogP contribution in [-0.4, -0.2) is 75.6 Å². The lowest BCUT2D eigenvalue weighted by Gasteiger charge is -2.16. The van der Waals surface area contributed by atoms with Gasteiger partial charge in [0.2, 0.25) is 0 Å². The molecule has 0 aliphatic heterocycles. The highest BCUT2D eigenvalue weighted by Gasteiger charge is 2.06. The van der Waals surface area contributed by atoms with Crippen LogP contribution in [0.15, 0.2) is 0 Å². The molecule has 0 fully saturated rings. The quantitative estimate of drug-likeness (QED) is 0.312. The van der Waals surface area contributed by atoms with Crippen LogP contribution in [0.5, 0.6) is 0 Å². The summed E-state index contributed by atoms with van der Waals surface area (Å²) in [6.07, 6.45) is 5.90. The zero-order valence-electron chi connectivity index (χ0n) is 15.8. The fraction of sp³-hybridized carbons (Fsp3) is 0.889. The summed E-state index contributed by atoms with van der Waals surface area (Å²) in [4.78, 5) is 25.0. The number of esters is 2. The maximum Gasteiger partial charge on any atom is 0.305 e. The van der Waals surface area contributed by atoms with Crippen molar-refractivity contribution in [2.45, 2.75) is 51.4 Å². The number of unbranched alkanes of at least 4 members (excludes halogenated alkanes) is 4. The normalized spacial score (nSPS) is 10.9. The number of aliphatic hydroxyl groups is 1. The molecule has 1 N–H and O–H groups in total. The Labute approximate surface area is 151 Å². The number of aliphatic hydroxyl groups excluding tert-OH is 1. The number of carbonyl (C=O) groups excluding carboxylic acids is 2. The Balaban J connectivity index is 3.46. The Kier molecular flexibility index (Phi) is 16.8. The third kappa shape index (κ3) is 17.4. The van der Waals surface area contributed by atoms with E-state index < -0.39 is 0 Å². The monoisotopic (exact) mass is 361 g/mol. The second-order valence-corrected chi connectivity index (χ2v) is 6.08. The smallest absolute Gasteiger partial charge is 0.305 e. The first-order valence-electron chi connectivity index (χ1n) is 9.19. The number of nitrogens with zero attached hydrogens (tertiary/aromatic N) is 1. The topological polar surface area (TPSA) is 85.3 Å². The van der Waals surface area contributed by atoms with Crippen LogP contribution in [0.2, 0.25) is 0 Å². The molecule has 0 bridgehead atoms. The molecule has 148 valence electrons. The molecule has 0 spiro atoms. The van der Waals surface area contributed by atoms with E-state index >= 15 is 0 Å². The van der Waals surface area contributed by atoms with Gasteiger partial charge in [-0.15, -0.1) is 0 Å². The summed E-state index contributed by atoms with van der Waals surface area (Å²) in [5.74, 6) is -0.369. The van der Waals surface area contributed by atoms with Crippen molar-refractivity contribution in [2.24, 2.45) is 0 Å². The molecular formula is C18H35NO6. The van der Waals surface area contributed by atoms with Crippen molar-refractivity contribution in [1.82, 2.24) is 4.90 Å². The van der Waals surface area contributed by atoms with Gasteiger partial charge in [0.15, 0.2) is 0 Å². The van der Waals surface area contributed by atoms with Crippen LogP contribution in [0, 0.1) is 0 Å². The van der Waals surface area contributed by atoms with Crippen molar-refractivity contribution >= 4 is 11.9 Å². The van der Waals surface area contributed by atoms with Crippen LogP contribution in [0.4, 0.5) is 0 Å². The molecule has 0 rings (SSSR count). The van der Waals surface area contributed by atoms with E-state index in [2.05, 4.69) is 0 Å². The predicted octanol–water partition coefficient (Wildman–Crippen LogP) is 1.76. The van der Waals surface area contributed by atoms with Crippen molar-refractivity contribution in [1.29, 1.82) is 0 Å². The van der Waals surface area contributed by atoms with Gasteiger partial charge < -0.3 is 19.3 Å². The van der Waals surface area contributed by atoms with Gasteiger partial charge in [0, 0.05) is 46.3 Å². The van der Waals surface area contributed by atoms with Gasteiger partial charge in [-0.3, -0.25) is 14.5 Å². The highest BCUT2D eigenvalue weighted by molar-refractivity contribution is 5.69. The van der Waals surface area contributed by atoms with Gasteiger partial charge in [-0.25, -0.2) is 0 Å². The minimum Gasteiger partial charge on any atom is -0.464 e. The lowest BCUT2D eigenvalue weighted by atomic mass is 10.2. The van der Waals surface area contributed by atoms with Gasteiger partial charge in [-0.2, -0.15) is 0 Å². The lowest BCUT2D eigenvalue weighted by molar-refractivity contribution is -0.144. The number of carbonyl (C=O) groups is 2. The van der Waals surface area contributed by atoms with E-state index in [4.69, 9.17) is 19.3 Å². The summed E-state index contributed by atoms with van der Waals surface area (Å²) in [7, 11) is 3.57. The fourth-order valence-corrected chi connectivity index (χ4v) is 2.14. The Hall–Kier alpha value is -1.18. The highest BCUT2D eigenvalue weighted by Crippen LogP contribution is 2.02. The van der Waals surface area contributed by atoms with Crippen LogP contribution in [0.25, 0.3) is 0 Å². The summed E-state index contributed by atoms with van der Waals surface area (Å²) in [6.45, 7) is 2.80. The molecule has 0 aromatic heterocycles. The number of likely N-dealkylation sites (N-methyl/N-ethyl adjacent to an activating group) is 1. The number of methoxy groups -OCH3 is 1. The molecule has 0 radical (unpaired) electrons. The lowest BCUT2D eigenvalue weighted by Crippen LogP contribution is -2.28. The summed E-state index contributed by atoms with van der Waals surface area (Å²) in [6, 6.07) is 0. The molecule has 7 nitrogen and oxygen atoms in total. The Morgan fingerprint density at radius 1 is 0.800 bits per heavy atom. The van der Waals surface area contributed by atoms with Gasteiger partial charge >= 0.3 is 11.9 Å². The number of hydrogen-bond donors (Lipinski definition) is 1. The van der Waals surface area contributed by atoms with Crippen molar-refractivity contribution in [3.8, 4) is 0 Å². The van der Waals surface area contributed by atoms with Crippen LogP contribution >= 0.6 is 0 Å². The molecular weight excluding hydrogens is 326 g/mol. The van der Waals surface area contributed by atoms with Crippen molar-refractivity contribution < 1.29 is 28.9 Å². The average Bonchev–Trinajstić information content (AvgIpc) is 2.58. The first kappa shape index (κ1) is 23.8. The molecule has 0 unspecified atom stereocenters. The number of rotatable bonds is 17. The summed E-state index contributed by atoms with van der Waals surface area (Å²) in [5.41, 5.74) is 0. The van der Waals surface area contributed by atoms with Gasteiger partial charge in [0.1, 0.15) is 13.2 Å². The minimum atomic E-state index is -0.203. The molecule has 0 saturated heterocycles. The van der Waals surface area contributed by atoms with Crippen molar-refractivity contribution in [3.05, 3.63) is 0 Å². The molecule has 0 heterocycles. The van der Waals surface area contributed by atoms with Gasteiger partial charge in [-0.05, 0) is 32.7 Å². The van der Waals surface area contributed by atoms with E-state index in [1.807, 2.05) is 11.9 Å². The van der Waals surface area contributed by atoms with E-state index in [-0.39, 0.29) is 18.5 Å². The van der Waals surface area contributed by atoms with Crippen LogP contribution in [-0.2, 0) is 23.8 Å². The van der Waals surface area contributed by atoms with Crippen molar-refractivity contribution in [2.75, 3.05) is 53.7 Å². The Bertz CT molecular complexity index is 338. The van der Waals surface area contributed by atoms with Gasteiger partial charge in [-0.1, -0.05) is 12.8 Å². The molecule has 0 aliphatic carbocycles. The van der Waals surface area contributed by atoms with E-state index in [0.29, 0.717) is 39.1 Å². The third-order valence-electron chi connectivity index (χ3n) is 3.74. The maximum atomic E-state index is 11.6. The van der Waals surface area contributed by atoms with E-state index in [9.17, 15) is 9.59 Å². The molecule has 7 heteroatoms. The highest BCUT2D eigenvalue weighted by atomic mass is 16.5. The van der Waals surface area contributed by atoms with Crippen molar-refractivity contribution in [3.63, 3.8) is 0 Å². The molecule has 25 heavy (non-hydrogen) atoms. The standard InChI is InChI=1S/C18H35NO6/c1-19(11-15-24-17(21)9-5-3-7-13-20)12-16-25-18(22)10-6-4-8-14-23-2/h20H,3-16H2,1-2H3. The number of ether oxygens (including phenoxy) is 3. The average molecular weight is 361 g/mol. The first-order chi connectivity index (χ1) is 12.1. The molecule has 0 aromatic carbocycles. The SMILES string of the molecule is COCCCCCC(=O)OCCN(C)CCOC(=O)CCCCCO. The molecule has 0 amide bonds. The predicted molar refractivity (Wildman–Crippen MR) is 95.3 cm³/mol. The summed E-state index contributed by atoms with van der Waals surface area (Å²) < 4.78 is 15.3. The zero-order chi connectivity index (χ0) is 18.8. The van der Waals surface area contributed by atoms with Gasteiger partial charge in [0.25, 0.3) is 0 Å². The number of hydrogen-bond acceptors (Lipinski definition) is 7. The zero-order valence-corrected chi connectivity index (χ0v) is 15.8. The van der Waals surface area contributed by atoms with Crippen LogP contribution in [0.1, 0.15) is 51.4 Å². The molecule has 0 atom stereocenters. The van der Waals surface area contributed by atoms with Crippen LogP contribution in [0.3, 0.4) is 0 Å². The molecule has 0 saturated carbocycles. The largest absolute Gasteiger partial charge is 0.464 e. The van der Waals surface area contributed by atoms with Crippen LogP contribution < -0.4 is 0 Å². The first-order valence-corrected chi connectivity index (χ1v) is 9.19. The maximum absolute atomic E-state index is 11.6. The molecule has 0 aromatic rings. The van der Waals surface area contributed by atoms with E-state index in [0.717, 1.165) is 45.1 Å². The third-order valence-corrected chi connectivity index (χ3v) is 3.74. The van der Waals surface area contributed by atoms with E-state index in [1.54, 1.807) is 7.11 Å². The summed E-state index contributed by atoms with van der Waals surface area (Å²) >= 11 is 0. The second-order valence-electron chi connectivity index (χ2n) is 6.08. The second kappa shape index (κ2) is 17.6. The Morgan fingerprint density at radius 3 is 1.80 bits per heavy atom. The minimum absolute atomic E-state index is 0.165. The van der Waals surface area contributed by atoms with Gasteiger partial charge in [0.05, 0.1) is 0 Å².